The molecule has 0 spiro atoms. The van der Waals surface area contributed by atoms with E-state index in [1.165, 1.54) is 10.6 Å². The normalized spacial score (nSPS) is 24.0. The summed E-state index contributed by atoms with van der Waals surface area (Å²) in [4.78, 5) is 5.81. The Morgan fingerprint density at radius 2 is 2.08 bits per heavy atom. The number of rotatable bonds is 2. The minimum Gasteiger partial charge on any atom is -0.846 e. The third-order valence-electron chi connectivity index (χ3n) is 4.49. The van der Waals surface area contributed by atoms with Crippen LogP contribution in [0.2, 0.25) is 0 Å². The Bertz CT molecular complexity index is 750. The van der Waals surface area contributed by atoms with Crippen molar-refractivity contribution >= 4 is 21.9 Å². The van der Waals surface area contributed by atoms with Gasteiger partial charge in [-0.15, -0.1) is 0 Å². The smallest absolute Gasteiger partial charge is 0.153 e. The summed E-state index contributed by atoms with van der Waals surface area (Å²) in [5, 5.41) is 16.7. The molecule has 132 valence electrons. The third-order valence-corrected chi connectivity index (χ3v) is 6.10. The van der Waals surface area contributed by atoms with Crippen molar-refractivity contribution in [1.82, 2.24) is 14.7 Å². The molecule has 1 aromatic rings. The summed E-state index contributed by atoms with van der Waals surface area (Å²) >= 11 is 0. The molecule has 1 aromatic heterocycles. The summed E-state index contributed by atoms with van der Waals surface area (Å²) in [6, 6.07) is -0.187. The number of nitrogens with zero attached hydrogens (tertiary/aromatic N) is 4. The van der Waals surface area contributed by atoms with E-state index in [4.69, 9.17) is 0 Å². The molecule has 1 fully saturated rings. The second-order valence-electron chi connectivity index (χ2n) is 6.60. The molecule has 3 rings (SSSR count). The lowest BCUT2D eigenvalue weighted by molar-refractivity contribution is -0.235. The Morgan fingerprint density at radius 1 is 1.38 bits per heavy atom. The predicted octanol–water partition coefficient (Wildman–Crippen LogP) is 0.239. The zero-order chi connectivity index (χ0) is 17.3. The molecule has 0 saturated carbocycles. The summed E-state index contributed by atoms with van der Waals surface area (Å²) < 4.78 is 24.9. The fourth-order valence-electron chi connectivity index (χ4n) is 3.07. The highest BCUT2D eigenvalue weighted by Gasteiger charge is 2.22. The van der Waals surface area contributed by atoms with E-state index < -0.39 is 9.84 Å². The van der Waals surface area contributed by atoms with Crippen LogP contribution < -0.4 is 5.11 Å². The third kappa shape index (κ3) is 3.63. The van der Waals surface area contributed by atoms with Gasteiger partial charge in [0, 0.05) is 30.4 Å². The summed E-state index contributed by atoms with van der Waals surface area (Å²) in [6.45, 7) is 4.67. The zero-order valence-corrected chi connectivity index (χ0v) is 14.9. The number of hydrogen-bond acceptors (Lipinski definition) is 5. The molecule has 1 atom stereocenters. The van der Waals surface area contributed by atoms with Crippen LogP contribution in [-0.4, -0.2) is 59.8 Å². The van der Waals surface area contributed by atoms with Crippen molar-refractivity contribution < 1.29 is 13.5 Å². The van der Waals surface area contributed by atoms with Crippen molar-refractivity contribution in [3.63, 3.8) is 0 Å². The van der Waals surface area contributed by atoms with Crippen LogP contribution in [0.1, 0.15) is 37.6 Å². The lowest BCUT2D eigenvalue weighted by Crippen LogP contribution is -2.49. The molecular weight excluding hydrogens is 328 g/mol. The first-order chi connectivity index (χ1) is 11.4. The van der Waals surface area contributed by atoms with E-state index in [1.54, 1.807) is 0 Å². The Labute approximate surface area is 142 Å². The molecule has 1 unspecified atom stereocenters. The standard InChI is InChI=1S/C16H24N4O3S/c1-12(2)20-15-6-5-14(4-3-13(15)11-17-20)18-16(21)19-7-9-24(22,23)10-8-19/h3-4,11-12,14H,5-10H2,1-2H3,(H,18,21)/p-1. The fraction of sp³-hybridized carbons (Fsp3) is 0.625. The lowest BCUT2D eigenvalue weighted by Gasteiger charge is -2.33. The van der Waals surface area contributed by atoms with Gasteiger partial charge in [0.05, 0.1) is 29.8 Å². The average Bonchev–Trinajstić information content (AvgIpc) is 2.83. The molecule has 0 bridgehead atoms. The molecule has 0 N–H and O–H groups in total. The van der Waals surface area contributed by atoms with Crippen LogP contribution in [0, 0.1) is 0 Å². The molecule has 1 saturated heterocycles. The van der Waals surface area contributed by atoms with Crippen LogP contribution in [0.4, 0.5) is 0 Å². The van der Waals surface area contributed by atoms with Crippen LogP contribution in [0.3, 0.4) is 0 Å². The number of aromatic nitrogens is 2. The van der Waals surface area contributed by atoms with Crippen LogP contribution in [0.15, 0.2) is 17.3 Å². The molecule has 0 radical (unpaired) electrons. The largest absolute Gasteiger partial charge is 0.846 e. The Hall–Kier alpha value is -1.83. The quantitative estimate of drug-likeness (QED) is 0.562. The molecule has 8 heteroatoms. The molecule has 1 aliphatic heterocycles. The summed E-state index contributed by atoms with van der Waals surface area (Å²) in [5.74, 6) is 0.0643. The van der Waals surface area contributed by atoms with Crippen molar-refractivity contribution in [1.29, 1.82) is 0 Å². The molecular formula is C16H23N4O3S-. The van der Waals surface area contributed by atoms with E-state index in [2.05, 4.69) is 23.9 Å². The van der Waals surface area contributed by atoms with Crippen LogP contribution in [-0.2, 0) is 16.3 Å². The van der Waals surface area contributed by atoms with E-state index >= 15 is 0 Å². The van der Waals surface area contributed by atoms with Crippen molar-refractivity contribution in [2.24, 2.45) is 4.99 Å². The Morgan fingerprint density at radius 3 is 2.75 bits per heavy atom. The van der Waals surface area contributed by atoms with E-state index in [0.717, 1.165) is 18.4 Å². The van der Waals surface area contributed by atoms with Gasteiger partial charge in [-0.25, -0.2) is 8.42 Å². The first kappa shape index (κ1) is 17.0. The molecule has 0 amide bonds. The fourth-order valence-corrected chi connectivity index (χ4v) is 4.28. The van der Waals surface area contributed by atoms with Gasteiger partial charge in [-0.05, 0) is 26.7 Å². The Kier molecular flexibility index (Phi) is 4.67. The Balaban J connectivity index is 1.69. The first-order valence-corrected chi connectivity index (χ1v) is 10.1. The number of sulfone groups is 1. The topological polar surface area (TPSA) is 90.6 Å². The van der Waals surface area contributed by atoms with Gasteiger partial charge in [-0.3, -0.25) is 9.67 Å². The monoisotopic (exact) mass is 351 g/mol. The van der Waals surface area contributed by atoms with E-state index in [0.29, 0.717) is 6.04 Å². The maximum Gasteiger partial charge on any atom is 0.153 e. The van der Waals surface area contributed by atoms with Gasteiger partial charge in [-0.1, -0.05) is 12.2 Å². The predicted molar refractivity (Wildman–Crippen MR) is 91.4 cm³/mol. The van der Waals surface area contributed by atoms with Crippen molar-refractivity contribution in [2.45, 2.75) is 38.8 Å². The molecule has 7 nitrogen and oxygen atoms in total. The van der Waals surface area contributed by atoms with E-state index in [9.17, 15) is 13.5 Å². The van der Waals surface area contributed by atoms with Crippen molar-refractivity contribution in [3.05, 3.63) is 23.5 Å². The first-order valence-electron chi connectivity index (χ1n) is 8.30. The summed E-state index contributed by atoms with van der Waals surface area (Å²) in [6.07, 6.45) is 7.34. The highest BCUT2D eigenvalue weighted by Crippen LogP contribution is 2.22. The van der Waals surface area contributed by atoms with Gasteiger partial charge in [0.1, 0.15) is 0 Å². The van der Waals surface area contributed by atoms with Crippen molar-refractivity contribution in [3.8, 4) is 0 Å². The number of fused-ring (bicyclic) bond motifs is 1. The molecule has 2 aliphatic rings. The van der Waals surface area contributed by atoms with Crippen LogP contribution in [0.5, 0.6) is 0 Å². The van der Waals surface area contributed by atoms with Gasteiger partial charge >= 0.3 is 0 Å². The second kappa shape index (κ2) is 6.58. The second-order valence-corrected chi connectivity index (χ2v) is 8.90. The molecule has 24 heavy (non-hydrogen) atoms. The maximum absolute atomic E-state index is 12.3. The van der Waals surface area contributed by atoms with Gasteiger partial charge in [0.15, 0.2) is 9.84 Å². The maximum atomic E-state index is 12.3. The SMILES string of the molecule is CC(C)n1ncc2c1CCC(N=C([O-])N1CCS(=O)(=O)CC1)C=C2. The van der Waals surface area contributed by atoms with Gasteiger partial charge in [0.25, 0.3) is 0 Å². The molecule has 1 aliphatic carbocycles. The summed E-state index contributed by atoms with van der Waals surface area (Å²) in [7, 11) is -2.99. The van der Waals surface area contributed by atoms with Crippen molar-refractivity contribution in [2.75, 3.05) is 24.6 Å². The number of amidine groups is 1. The van der Waals surface area contributed by atoms with Gasteiger partial charge in [-0.2, -0.15) is 5.10 Å². The molecule has 0 aromatic carbocycles. The van der Waals surface area contributed by atoms with E-state index in [-0.39, 0.29) is 36.7 Å². The minimum absolute atomic E-state index is 0.0322. The van der Waals surface area contributed by atoms with Gasteiger partial charge in [0.2, 0.25) is 0 Å². The lowest BCUT2D eigenvalue weighted by atomic mass is 10.1. The minimum atomic E-state index is -2.99. The molecule has 2 heterocycles. The highest BCUT2D eigenvalue weighted by atomic mass is 32.2. The number of hydrogen-bond donors (Lipinski definition) is 0. The van der Waals surface area contributed by atoms with E-state index in [1.807, 2.05) is 23.0 Å². The van der Waals surface area contributed by atoms with Crippen LogP contribution in [0.25, 0.3) is 6.08 Å². The van der Waals surface area contributed by atoms with Crippen LogP contribution >= 0.6 is 0 Å². The zero-order valence-electron chi connectivity index (χ0n) is 14.1. The average molecular weight is 351 g/mol. The van der Waals surface area contributed by atoms with Gasteiger partial charge < -0.3 is 10.0 Å². The summed E-state index contributed by atoms with van der Waals surface area (Å²) in [5.41, 5.74) is 2.26. The number of aliphatic imine (C=N–C) groups is 1. The highest BCUT2D eigenvalue weighted by molar-refractivity contribution is 7.91.